The minimum absolute atomic E-state index is 0.311. The van der Waals surface area contributed by atoms with Gasteiger partial charge in [-0.1, -0.05) is 0 Å². The third-order valence-electron chi connectivity index (χ3n) is 0.962. The van der Waals surface area contributed by atoms with Gasteiger partial charge in [0, 0.05) is 10.9 Å². The van der Waals surface area contributed by atoms with E-state index in [4.69, 9.17) is 5.11 Å². The van der Waals surface area contributed by atoms with E-state index in [1.165, 1.54) is 0 Å². The number of nitroso groups, excluding NO2 is 1. The van der Waals surface area contributed by atoms with E-state index in [1.807, 2.05) is 0 Å². The van der Waals surface area contributed by atoms with Crippen LogP contribution in [0.1, 0.15) is 0 Å². The summed E-state index contributed by atoms with van der Waals surface area (Å²) in [5.74, 6) is -0.562. The number of hydrogen-bond donors (Lipinski definition) is 1. The zero-order chi connectivity index (χ0) is 7.56. The first-order valence-electron chi connectivity index (χ1n) is 2.56. The van der Waals surface area contributed by atoms with Crippen molar-refractivity contribution in [2.24, 2.45) is 5.18 Å². The van der Waals surface area contributed by atoms with Crippen molar-refractivity contribution < 1.29 is 14.6 Å². The minimum atomic E-state index is -0.944. The summed E-state index contributed by atoms with van der Waals surface area (Å²) >= 11 is 1.07. The monoisotopic (exact) mass is 163 g/mol. The standard InChI is InChI=1S/C4H5NO4S/c6-2-1-10-4(9-2)3(7)5-8/h2,4,6H,1H2. The molecule has 1 aliphatic heterocycles. The molecule has 1 N–H and O–H groups in total. The van der Waals surface area contributed by atoms with Gasteiger partial charge in [-0.2, -0.15) is 0 Å². The Morgan fingerprint density at radius 1 is 1.80 bits per heavy atom. The van der Waals surface area contributed by atoms with E-state index in [9.17, 15) is 9.70 Å². The molecule has 1 saturated heterocycles. The number of thioether (sulfide) groups is 1. The third-order valence-corrected chi connectivity index (χ3v) is 2.06. The van der Waals surface area contributed by atoms with Gasteiger partial charge < -0.3 is 9.84 Å². The molecule has 1 rings (SSSR count). The molecule has 1 fully saturated rings. The summed E-state index contributed by atoms with van der Waals surface area (Å²) in [6, 6.07) is 0. The molecule has 2 unspecified atom stereocenters. The molecule has 0 bridgehead atoms. The molecule has 0 aliphatic carbocycles. The highest BCUT2D eigenvalue weighted by atomic mass is 32.2. The van der Waals surface area contributed by atoms with Gasteiger partial charge in [0.15, 0.2) is 11.7 Å². The number of ether oxygens (including phenoxy) is 1. The van der Waals surface area contributed by atoms with Crippen LogP contribution in [0.2, 0.25) is 0 Å². The minimum Gasteiger partial charge on any atom is -0.367 e. The van der Waals surface area contributed by atoms with Crippen molar-refractivity contribution >= 4 is 17.7 Å². The first-order chi connectivity index (χ1) is 4.74. The second kappa shape index (κ2) is 3.09. The molecule has 0 aromatic heterocycles. The van der Waals surface area contributed by atoms with E-state index in [-0.39, 0.29) is 0 Å². The van der Waals surface area contributed by atoms with E-state index in [1.54, 1.807) is 0 Å². The number of amides is 1. The van der Waals surface area contributed by atoms with Gasteiger partial charge in [0.1, 0.15) is 0 Å². The Balaban J connectivity index is 2.44. The molecule has 0 spiro atoms. The van der Waals surface area contributed by atoms with Crippen molar-refractivity contribution in [1.82, 2.24) is 0 Å². The summed E-state index contributed by atoms with van der Waals surface area (Å²) in [5.41, 5.74) is -0.896. The summed E-state index contributed by atoms with van der Waals surface area (Å²) in [6.45, 7) is 0. The zero-order valence-corrected chi connectivity index (χ0v) is 5.71. The van der Waals surface area contributed by atoms with Crippen LogP contribution in [0.25, 0.3) is 0 Å². The molecule has 0 aromatic carbocycles. The molecule has 2 atom stereocenters. The second-order valence-corrected chi connectivity index (χ2v) is 2.78. The van der Waals surface area contributed by atoms with Gasteiger partial charge in [0.25, 0.3) is 0 Å². The van der Waals surface area contributed by atoms with Crippen LogP contribution in [0, 0.1) is 4.91 Å². The number of nitrogens with zero attached hydrogens (tertiary/aromatic N) is 1. The Morgan fingerprint density at radius 3 is 2.90 bits per heavy atom. The molecule has 0 radical (unpaired) electrons. The molecule has 5 nitrogen and oxygen atoms in total. The highest BCUT2D eigenvalue weighted by Gasteiger charge is 2.30. The predicted molar refractivity (Wildman–Crippen MR) is 34.1 cm³/mol. The van der Waals surface area contributed by atoms with Gasteiger partial charge in [-0.25, -0.2) is 0 Å². The lowest BCUT2D eigenvalue weighted by atomic mass is 10.6. The van der Waals surface area contributed by atoms with Crippen molar-refractivity contribution in [3.63, 3.8) is 0 Å². The van der Waals surface area contributed by atoms with Crippen molar-refractivity contribution in [3.05, 3.63) is 4.91 Å². The van der Waals surface area contributed by atoms with Crippen molar-refractivity contribution in [3.8, 4) is 0 Å². The molecule has 1 heterocycles. The molecule has 56 valence electrons. The van der Waals surface area contributed by atoms with Gasteiger partial charge in [0.05, 0.1) is 0 Å². The normalized spacial score (nSPS) is 32.1. The number of aliphatic hydroxyl groups excluding tert-OH is 1. The summed E-state index contributed by atoms with van der Waals surface area (Å²) in [4.78, 5) is 20.0. The molecular weight excluding hydrogens is 158 g/mol. The van der Waals surface area contributed by atoms with Crippen LogP contribution in [-0.2, 0) is 9.53 Å². The lowest BCUT2D eigenvalue weighted by Crippen LogP contribution is -2.17. The number of rotatable bonds is 1. The van der Waals surface area contributed by atoms with Gasteiger partial charge in [-0.05, 0) is 0 Å². The van der Waals surface area contributed by atoms with Crippen LogP contribution < -0.4 is 0 Å². The maximum Gasteiger partial charge on any atom is 0.325 e. The number of hydrogen-bond acceptors (Lipinski definition) is 5. The smallest absolute Gasteiger partial charge is 0.325 e. The SMILES string of the molecule is O=NC(=O)C1OC(O)CS1. The third kappa shape index (κ3) is 1.53. The number of carbonyl (C=O) groups excluding carboxylic acids is 1. The Bertz CT molecular complexity index is 161. The van der Waals surface area contributed by atoms with Crippen LogP contribution in [0.5, 0.6) is 0 Å². The number of aliphatic hydroxyl groups is 1. The Morgan fingerprint density at radius 2 is 2.50 bits per heavy atom. The van der Waals surface area contributed by atoms with Gasteiger partial charge >= 0.3 is 5.91 Å². The molecular formula is C4H5NO4S. The Kier molecular flexibility index (Phi) is 2.36. The van der Waals surface area contributed by atoms with Gasteiger partial charge in [0.2, 0.25) is 0 Å². The fourth-order valence-electron chi connectivity index (χ4n) is 0.563. The topological polar surface area (TPSA) is 76.0 Å². The van der Waals surface area contributed by atoms with Crippen LogP contribution >= 0.6 is 11.8 Å². The van der Waals surface area contributed by atoms with Crippen molar-refractivity contribution in [1.29, 1.82) is 0 Å². The zero-order valence-electron chi connectivity index (χ0n) is 4.89. The molecule has 1 amide bonds. The van der Waals surface area contributed by atoms with E-state index < -0.39 is 17.6 Å². The maximum absolute atomic E-state index is 10.4. The average molecular weight is 163 g/mol. The molecule has 0 saturated carbocycles. The fourth-order valence-corrected chi connectivity index (χ4v) is 1.37. The molecule has 0 aromatic rings. The fraction of sp³-hybridized carbons (Fsp3) is 0.750. The summed E-state index contributed by atoms with van der Waals surface area (Å²) in [5, 5.41) is 10.9. The number of carbonyl (C=O) groups is 1. The maximum atomic E-state index is 10.4. The van der Waals surface area contributed by atoms with Crippen LogP contribution in [0.3, 0.4) is 0 Å². The predicted octanol–water partition coefficient (Wildman–Crippen LogP) is -0.313. The van der Waals surface area contributed by atoms with E-state index in [0.717, 1.165) is 11.8 Å². The summed E-state index contributed by atoms with van der Waals surface area (Å²) in [7, 11) is 0. The Labute approximate surface area is 60.7 Å². The molecule has 10 heavy (non-hydrogen) atoms. The average Bonchev–Trinajstić information content (AvgIpc) is 2.34. The van der Waals surface area contributed by atoms with Crippen LogP contribution in [0.4, 0.5) is 0 Å². The Hall–Kier alpha value is -0.460. The van der Waals surface area contributed by atoms with E-state index in [0.29, 0.717) is 5.75 Å². The van der Waals surface area contributed by atoms with Gasteiger partial charge in [-0.15, -0.1) is 16.7 Å². The highest BCUT2D eigenvalue weighted by Crippen LogP contribution is 2.24. The van der Waals surface area contributed by atoms with Crippen molar-refractivity contribution in [2.75, 3.05) is 5.75 Å². The lowest BCUT2D eigenvalue weighted by molar-refractivity contribution is -0.135. The first kappa shape index (κ1) is 7.64. The molecule has 6 heteroatoms. The largest absolute Gasteiger partial charge is 0.367 e. The highest BCUT2D eigenvalue weighted by molar-refractivity contribution is 8.00. The first-order valence-corrected chi connectivity index (χ1v) is 3.61. The summed E-state index contributed by atoms with van der Waals surface area (Å²) < 4.78 is 4.59. The van der Waals surface area contributed by atoms with Crippen LogP contribution in [0.15, 0.2) is 5.18 Å². The summed E-state index contributed by atoms with van der Waals surface area (Å²) in [6.07, 6.45) is -0.944. The quantitative estimate of drug-likeness (QED) is 0.536. The van der Waals surface area contributed by atoms with E-state index in [2.05, 4.69) is 9.91 Å². The second-order valence-electron chi connectivity index (χ2n) is 1.69. The lowest BCUT2D eigenvalue weighted by Gasteiger charge is -2.00. The van der Waals surface area contributed by atoms with Crippen LogP contribution in [-0.4, -0.2) is 28.5 Å². The van der Waals surface area contributed by atoms with Crippen molar-refractivity contribution in [2.45, 2.75) is 11.7 Å². The van der Waals surface area contributed by atoms with Gasteiger partial charge in [-0.3, -0.25) is 4.79 Å². The van der Waals surface area contributed by atoms with E-state index >= 15 is 0 Å². The molecule has 1 aliphatic rings.